The molecule has 0 fully saturated rings. The highest BCUT2D eigenvalue weighted by molar-refractivity contribution is 6.68. The lowest BCUT2D eigenvalue weighted by Gasteiger charge is -2.05. The zero-order chi connectivity index (χ0) is 11.6. The molecule has 80 valence electrons. The van der Waals surface area contributed by atoms with Gasteiger partial charge in [-0.05, 0) is 17.7 Å². The Balaban J connectivity index is 3.52. The minimum atomic E-state index is -0.863. The molecule has 1 aromatic rings. The van der Waals surface area contributed by atoms with E-state index in [0.717, 1.165) is 6.07 Å². The first kappa shape index (κ1) is 11.7. The highest BCUT2D eigenvalue weighted by Gasteiger charge is 2.23. The topological polar surface area (TPSA) is 69.4 Å². The zero-order valence-electron chi connectivity index (χ0n) is 7.49. The normalized spacial score (nSPS) is 9.80. The molecule has 0 unspecified atom stereocenters. The van der Waals surface area contributed by atoms with Crippen LogP contribution in [0, 0.1) is 10.1 Å². The average Bonchev–Trinajstić information content (AvgIpc) is 2.16. The Bertz CT molecular complexity index is 398. The summed E-state index contributed by atoms with van der Waals surface area (Å²) in [5, 5.41) is 9.80. The van der Waals surface area contributed by atoms with E-state index in [9.17, 15) is 14.9 Å². The van der Waals surface area contributed by atoms with E-state index in [2.05, 4.69) is 0 Å². The van der Waals surface area contributed by atoms with Gasteiger partial charge in [-0.15, -0.1) is 0 Å². The van der Waals surface area contributed by atoms with Crippen LogP contribution < -0.4 is 4.74 Å². The van der Waals surface area contributed by atoms with Gasteiger partial charge in [0.05, 0.1) is 17.6 Å². The molecule has 7 heteroatoms. The molecule has 0 aliphatic carbocycles. The molecule has 0 N–H and O–H groups in total. The van der Waals surface area contributed by atoms with E-state index in [-0.39, 0.29) is 16.3 Å². The number of benzene rings is 1. The molecule has 0 atom stereocenters. The predicted molar refractivity (Wildman–Crippen MR) is 54.8 cm³/mol. The van der Waals surface area contributed by atoms with Crippen LogP contribution in [0.25, 0.3) is 0 Å². The van der Waals surface area contributed by atoms with Gasteiger partial charge in [0.15, 0.2) is 0 Å². The monoisotopic (exact) mass is 249 g/mol. The number of carbonyl (C=O) groups excluding carboxylic acids is 1. The third kappa shape index (κ3) is 2.37. The lowest BCUT2D eigenvalue weighted by atomic mass is 10.2. The van der Waals surface area contributed by atoms with E-state index in [1.54, 1.807) is 0 Å². The maximum Gasteiger partial charge on any atom is 0.313 e. The van der Waals surface area contributed by atoms with Crippen molar-refractivity contribution >= 4 is 34.1 Å². The summed E-state index contributed by atoms with van der Waals surface area (Å²) in [6, 6.07) is 2.30. The number of ether oxygens (including phenoxy) is 1. The summed E-state index contributed by atoms with van der Waals surface area (Å²) >= 11 is 10.8. The lowest BCUT2D eigenvalue weighted by Crippen LogP contribution is -2.00. The van der Waals surface area contributed by atoms with Gasteiger partial charge in [-0.25, -0.2) is 0 Å². The number of nitro groups is 1. The fraction of sp³-hybridized carbons (Fsp3) is 0.125. The number of hydrogen-bond acceptors (Lipinski definition) is 4. The first-order valence-electron chi connectivity index (χ1n) is 3.69. The van der Waals surface area contributed by atoms with Gasteiger partial charge < -0.3 is 4.74 Å². The minimum absolute atomic E-state index is 0.0477. The van der Waals surface area contributed by atoms with Crippen molar-refractivity contribution in [2.75, 3.05) is 7.11 Å². The van der Waals surface area contributed by atoms with Crippen LogP contribution in [0.15, 0.2) is 12.1 Å². The van der Waals surface area contributed by atoms with E-state index in [4.69, 9.17) is 27.9 Å². The second kappa shape index (κ2) is 4.46. The summed E-state index contributed by atoms with van der Waals surface area (Å²) in [6.45, 7) is 0. The number of rotatable bonds is 3. The van der Waals surface area contributed by atoms with Crippen molar-refractivity contribution in [3.8, 4) is 5.75 Å². The summed E-state index contributed by atoms with van der Waals surface area (Å²) in [5.74, 6) is -0.190. The van der Waals surface area contributed by atoms with Crippen molar-refractivity contribution in [1.82, 2.24) is 0 Å². The van der Waals surface area contributed by atoms with Gasteiger partial charge in [0.1, 0.15) is 0 Å². The molecule has 0 aliphatic rings. The van der Waals surface area contributed by atoms with Gasteiger partial charge in [0, 0.05) is 11.1 Å². The van der Waals surface area contributed by atoms with Crippen molar-refractivity contribution in [1.29, 1.82) is 0 Å². The largest absolute Gasteiger partial charge is 0.490 e. The molecule has 0 heterocycles. The third-order valence-electron chi connectivity index (χ3n) is 1.65. The van der Waals surface area contributed by atoms with Gasteiger partial charge in [0.25, 0.3) is 5.24 Å². The quantitative estimate of drug-likeness (QED) is 0.469. The smallest absolute Gasteiger partial charge is 0.313 e. The van der Waals surface area contributed by atoms with E-state index in [1.165, 1.54) is 13.2 Å². The SMILES string of the molecule is COc1c(C(=O)Cl)cc(Cl)cc1[N+](=O)[O-]. The van der Waals surface area contributed by atoms with Gasteiger partial charge >= 0.3 is 5.69 Å². The maximum absolute atomic E-state index is 11.0. The summed E-state index contributed by atoms with van der Waals surface area (Å²) in [4.78, 5) is 20.9. The molecule has 0 aliphatic heterocycles. The van der Waals surface area contributed by atoms with Gasteiger partial charge in [-0.2, -0.15) is 0 Å². The van der Waals surface area contributed by atoms with Crippen LogP contribution in [0.4, 0.5) is 5.69 Å². The van der Waals surface area contributed by atoms with E-state index in [1.807, 2.05) is 0 Å². The average molecular weight is 250 g/mol. The molecular formula is C8H5Cl2NO4. The number of hydrogen-bond donors (Lipinski definition) is 0. The number of carbonyl (C=O) groups is 1. The summed E-state index contributed by atoms with van der Waals surface area (Å²) in [7, 11) is 1.21. The van der Waals surface area contributed by atoms with E-state index in [0.29, 0.717) is 0 Å². The first-order valence-corrected chi connectivity index (χ1v) is 4.44. The maximum atomic E-state index is 11.0. The number of methoxy groups -OCH3 is 1. The molecule has 0 radical (unpaired) electrons. The Morgan fingerprint density at radius 2 is 2.13 bits per heavy atom. The first-order chi connectivity index (χ1) is 6.97. The zero-order valence-corrected chi connectivity index (χ0v) is 9.00. The van der Waals surface area contributed by atoms with Crippen LogP contribution in [0.5, 0.6) is 5.75 Å². The Morgan fingerprint density at radius 3 is 2.53 bits per heavy atom. The van der Waals surface area contributed by atoms with Crippen molar-refractivity contribution in [3.63, 3.8) is 0 Å². The Labute approximate surface area is 94.7 Å². The highest BCUT2D eigenvalue weighted by Crippen LogP contribution is 2.34. The second-order valence-electron chi connectivity index (χ2n) is 2.54. The van der Waals surface area contributed by atoms with Crippen LogP contribution in [-0.4, -0.2) is 17.3 Å². The third-order valence-corrected chi connectivity index (χ3v) is 2.07. The van der Waals surface area contributed by atoms with Crippen molar-refractivity contribution in [3.05, 3.63) is 32.8 Å². The van der Waals surface area contributed by atoms with Crippen LogP contribution in [-0.2, 0) is 0 Å². The molecule has 1 aromatic carbocycles. The van der Waals surface area contributed by atoms with Crippen molar-refractivity contribution in [2.24, 2.45) is 0 Å². The van der Waals surface area contributed by atoms with Gasteiger partial charge in [-0.3, -0.25) is 14.9 Å². The number of nitro benzene ring substituents is 1. The van der Waals surface area contributed by atoms with Crippen LogP contribution in [0.2, 0.25) is 5.02 Å². The molecule has 0 saturated carbocycles. The van der Waals surface area contributed by atoms with Crippen molar-refractivity contribution < 1.29 is 14.5 Å². The van der Waals surface area contributed by atoms with Crippen LogP contribution in [0.3, 0.4) is 0 Å². The van der Waals surface area contributed by atoms with Crippen molar-refractivity contribution in [2.45, 2.75) is 0 Å². The molecular weight excluding hydrogens is 245 g/mol. The lowest BCUT2D eigenvalue weighted by molar-refractivity contribution is -0.385. The minimum Gasteiger partial charge on any atom is -0.490 e. The summed E-state index contributed by atoms with van der Waals surface area (Å²) in [5.41, 5.74) is -0.521. The molecule has 0 amide bonds. The Kier molecular flexibility index (Phi) is 3.49. The second-order valence-corrected chi connectivity index (χ2v) is 3.32. The summed E-state index contributed by atoms with van der Waals surface area (Å²) < 4.78 is 4.75. The molecule has 1 rings (SSSR count). The van der Waals surface area contributed by atoms with Gasteiger partial charge in [-0.1, -0.05) is 11.6 Å². The molecule has 0 bridgehead atoms. The molecule has 0 spiro atoms. The molecule has 5 nitrogen and oxygen atoms in total. The van der Waals surface area contributed by atoms with Crippen LogP contribution >= 0.6 is 23.2 Å². The number of nitrogens with zero attached hydrogens (tertiary/aromatic N) is 1. The fourth-order valence-electron chi connectivity index (χ4n) is 1.08. The van der Waals surface area contributed by atoms with E-state index < -0.39 is 15.9 Å². The fourth-order valence-corrected chi connectivity index (χ4v) is 1.43. The number of halogens is 2. The molecule has 0 saturated heterocycles. The summed E-state index contributed by atoms with van der Waals surface area (Å²) in [6.07, 6.45) is 0. The van der Waals surface area contributed by atoms with Gasteiger partial charge in [0.2, 0.25) is 5.75 Å². The van der Waals surface area contributed by atoms with Crippen LogP contribution in [0.1, 0.15) is 10.4 Å². The molecule has 15 heavy (non-hydrogen) atoms. The Morgan fingerprint density at radius 1 is 1.53 bits per heavy atom. The van der Waals surface area contributed by atoms with E-state index >= 15 is 0 Å². The Hall–Kier alpha value is -1.33. The predicted octanol–water partition coefficient (Wildman–Crippen LogP) is 2.64. The standard InChI is InChI=1S/C8H5Cl2NO4/c1-15-7-5(8(10)12)2-4(9)3-6(7)11(13)14/h2-3H,1H3. The molecule has 0 aromatic heterocycles. The highest BCUT2D eigenvalue weighted by atomic mass is 35.5.